The van der Waals surface area contributed by atoms with Gasteiger partial charge in [0.05, 0.1) is 22.2 Å². The van der Waals surface area contributed by atoms with Crippen molar-refractivity contribution in [1.82, 2.24) is 14.5 Å². The molecule has 6 aromatic carbocycles. The smallest absolute Gasteiger partial charge is 0.235 e. The zero-order chi connectivity index (χ0) is 31.7. The van der Waals surface area contributed by atoms with Crippen LogP contribution in [0.25, 0.3) is 72.2 Å². The molecular formula is C44H33N3. The number of aromatic nitrogens is 3. The molecule has 0 atom stereocenters. The van der Waals surface area contributed by atoms with Gasteiger partial charge >= 0.3 is 0 Å². The van der Waals surface area contributed by atoms with Crippen molar-refractivity contribution in [2.24, 2.45) is 0 Å². The third kappa shape index (κ3) is 3.46. The molecule has 0 N–H and O–H groups in total. The van der Waals surface area contributed by atoms with E-state index in [9.17, 15) is 0 Å². The van der Waals surface area contributed by atoms with Crippen molar-refractivity contribution in [3.63, 3.8) is 0 Å². The summed E-state index contributed by atoms with van der Waals surface area (Å²) in [6.07, 6.45) is 0. The molecule has 0 bridgehead atoms. The monoisotopic (exact) mass is 603 g/mol. The van der Waals surface area contributed by atoms with E-state index >= 15 is 0 Å². The lowest BCUT2D eigenvalue weighted by Gasteiger charge is -2.34. The van der Waals surface area contributed by atoms with Crippen molar-refractivity contribution in [2.75, 3.05) is 0 Å². The lowest BCUT2D eigenvalue weighted by Crippen LogP contribution is -2.24. The molecule has 224 valence electrons. The van der Waals surface area contributed by atoms with Crippen molar-refractivity contribution in [1.29, 1.82) is 0 Å². The zero-order valence-electron chi connectivity index (χ0n) is 27.0. The molecule has 8 aromatic rings. The van der Waals surface area contributed by atoms with Crippen LogP contribution in [0, 0.1) is 0 Å². The SMILES string of the molecule is CC1(C)c2ccccc2-c2cc(-c3ccc4c(c3)c3ccccc3n4-c3nc4c5c(cccc5n3)C(C)(C)c3ccccc3-4)ccc21. The van der Waals surface area contributed by atoms with E-state index in [1.54, 1.807) is 0 Å². The summed E-state index contributed by atoms with van der Waals surface area (Å²) < 4.78 is 2.25. The van der Waals surface area contributed by atoms with Crippen molar-refractivity contribution in [2.45, 2.75) is 38.5 Å². The summed E-state index contributed by atoms with van der Waals surface area (Å²) in [6.45, 7) is 9.29. The van der Waals surface area contributed by atoms with Gasteiger partial charge < -0.3 is 0 Å². The van der Waals surface area contributed by atoms with Crippen LogP contribution in [0.15, 0.2) is 127 Å². The molecule has 0 unspecified atom stereocenters. The average molecular weight is 604 g/mol. The maximum atomic E-state index is 5.39. The molecule has 0 fully saturated rings. The number of hydrogen-bond acceptors (Lipinski definition) is 2. The highest BCUT2D eigenvalue weighted by atomic mass is 15.2. The second-order valence-corrected chi connectivity index (χ2v) is 14.3. The topological polar surface area (TPSA) is 30.7 Å². The Morgan fingerprint density at radius 1 is 0.468 bits per heavy atom. The fraction of sp³-hybridized carbons (Fsp3) is 0.136. The third-order valence-corrected chi connectivity index (χ3v) is 11.0. The molecule has 2 heterocycles. The summed E-state index contributed by atoms with van der Waals surface area (Å²) in [7, 11) is 0. The molecule has 3 nitrogen and oxygen atoms in total. The predicted molar refractivity (Wildman–Crippen MR) is 194 cm³/mol. The summed E-state index contributed by atoms with van der Waals surface area (Å²) in [5.41, 5.74) is 15.8. The number of benzene rings is 6. The van der Waals surface area contributed by atoms with Gasteiger partial charge in [-0.15, -0.1) is 0 Å². The van der Waals surface area contributed by atoms with Crippen LogP contribution in [0.3, 0.4) is 0 Å². The highest BCUT2D eigenvalue weighted by Gasteiger charge is 2.36. The van der Waals surface area contributed by atoms with Crippen LogP contribution in [0.2, 0.25) is 0 Å². The maximum Gasteiger partial charge on any atom is 0.235 e. The number of fused-ring (bicyclic) bond motifs is 8. The van der Waals surface area contributed by atoms with Crippen molar-refractivity contribution >= 4 is 32.7 Å². The fourth-order valence-corrected chi connectivity index (χ4v) is 8.63. The number of rotatable bonds is 2. The minimum absolute atomic E-state index is 0.00194. The zero-order valence-corrected chi connectivity index (χ0v) is 27.0. The molecule has 10 rings (SSSR count). The Hall–Kier alpha value is -5.54. The lowest BCUT2D eigenvalue weighted by atomic mass is 9.70. The van der Waals surface area contributed by atoms with Gasteiger partial charge in [-0.2, -0.15) is 0 Å². The first-order valence-corrected chi connectivity index (χ1v) is 16.5. The molecule has 47 heavy (non-hydrogen) atoms. The Labute approximate surface area is 274 Å². The van der Waals surface area contributed by atoms with Gasteiger partial charge in [0.2, 0.25) is 5.95 Å². The Kier molecular flexibility index (Phi) is 5.13. The summed E-state index contributed by atoms with van der Waals surface area (Å²) >= 11 is 0. The first-order valence-electron chi connectivity index (χ1n) is 16.5. The molecule has 0 radical (unpaired) electrons. The third-order valence-electron chi connectivity index (χ3n) is 11.0. The van der Waals surface area contributed by atoms with E-state index in [1.807, 2.05) is 0 Å². The van der Waals surface area contributed by atoms with E-state index in [1.165, 1.54) is 60.8 Å². The van der Waals surface area contributed by atoms with E-state index in [2.05, 4.69) is 160 Å². The predicted octanol–water partition coefficient (Wildman–Crippen LogP) is 11.0. The number of hydrogen-bond donors (Lipinski definition) is 0. The van der Waals surface area contributed by atoms with Gasteiger partial charge in [0, 0.05) is 32.6 Å². The molecule has 0 saturated carbocycles. The average Bonchev–Trinajstić information content (AvgIpc) is 3.55. The molecule has 3 heteroatoms. The molecular weight excluding hydrogens is 571 g/mol. The lowest BCUT2D eigenvalue weighted by molar-refractivity contribution is 0.643. The summed E-state index contributed by atoms with van der Waals surface area (Å²) in [5, 5.41) is 3.56. The van der Waals surface area contributed by atoms with Crippen LogP contribution in [0.1, 0.15) is 49.9 Å². The van der Waals surface area contributed by atoms with Crippen molar-refractivity contribution in [3.8, 4) is 39.5 Å². The molecule has 0 saturated heterocycles. The van der Waals surface area contributed by atoms with Crippen LogP contribution < -0.4 is 0 Å². The molecule has 0 amide bonds. The number of para-hydroxylation sites is 1. The Morgan fingerprint density at radius 3 is 1.94 bits per heavy atom. The fourth-order valence-electron chi connectivity index (χ4n) is 8.63. The summed E-state index contributed by atoms with van der Waals surface area (Å²) in [6, 6.07) is 46.6. The first-order chi connectivity index (χ1) is 22.8. The van der Waals surface area contributed by atoms with Crippen molar-refractivity contribution < 1.29 is 0 Å². The second kappa shape index (κ2) is 9.04. The first kappa shape index (κ1) is 26.7. The van der Waals surface area contributed by atoms with Crippen LogP contribution in [-0.4, -0.2) is 14.5 Å². The van der Waals surface area contributed by atoms with Gasteiger partial charge in [0.25, 0.3) is 0 Å². The molecule has 2 aliphatic carbocycles. The molecule has 2 aromatic heterocycles. The van der Waals surface area contributed by atoms with Gasteiger partial charge in [-0.25, -0.2) is 9.97 Å². The van der Waals surface area contributed by atoms with Gasteiger partial charge in [0.15, 0.2) is 0 Å². The highest BCUT2D eigenvalue weighted by Crippen LogP contribution is 2.50. The van der Waals surface area contributed by atoms with Gasteiger partial charge in [0.1, 0.15) is 0 Å². The quantitative estimate of drug-likeness (QED) is 0.197. The van der Waals surface area contributed by atoms with E-state index in [-0.39, 0.29) is 10.8 Å². The Morgan fingerprint density at radius 2 is 1.09 bits per heavy atom. The van der Waals surface area contributed by atoms with Crippen molar-refractivity contribution in [3.05, 3.63) is 150 Å². The van der Waals surface area contributed by atoms with Crippen LogP contribution in [0.5, 0.6) is 0 Å². The summed E-state index contributed by atoms with van der Waals surface area (Å²) in [4.78, 5) is 10.7. The Bertz CT molecular complexity index is 2640. The van der Waals surface area contributed by atoms with Crippen LogP contribution in [0.4, 0.5) is 0 Å². The normalized spacial score (nSPS) is 15.1. The molecule has 2 aliphatic rings. The van der Waals surface area contributed by atoms with E-state index in [4.69, 9.17) is 9.97 Å². The summed E-state index contributed by atoms with van der Waals surface area (Å²) in [5.74, 6) is 0.703. The van der Waals surface area contributed by atoms with Crippen LogP contribution in [-0.2, 0) is 10.8 Å². The number of nitrogens with zero attached hydrogens (tertiary/aromatic N) is 3. The minimum atomic E-state index is -0.132. The van der Waals surface area contributed by atoms with Gasteiger partial charge in [-0.05, 0) is 74.8 Å². The molecule has 0 spiro atoms. The van der Waals surface area contributed by atoms with E-state index < -0.39 is 0 Å². The van der Waals surface area contributed by atoms with Crippen LogP contribution >= 0.6 is 0 Å². The second-order valence-electron chi connectivity index (χ2n) is 14.3. The van der Waals surface area contributed by atoms with Gasteiger partial charge in [-0.1, -0.05) is 125 Å². The largest absolute Gasteiger partial charge is 0.278 e. The minimum Gasteiger partial charge on any atom is -0.278 e. The van der Waals surface area contributed by atoms with Gasteiger partial charge in [-0.3, -0.25) is 4.57 Å². The Balaban J connectivity index is 1.20. The molecule has 0 aliphatic heterocycles. The highest BCUT2D eigenvalue weighted by molar-refractivity contribution is 6.10. The van der Waals surface area contributed by atoms with E-state index in [0.29, 0.717) is 5.95 Å². The standard InChI is InChI=1S/C44H33N3/c1-43(2)33-15-8-5-12-28(33)31-24-26(20-22-35(31)43)27-21-23-39-32(25-27)29-13-7-10-19-38(29)47(39)42-45-37-18-11-17-36-40(37)41(46-42)30-14-6-9-16-34(30)44(36,3)4/h5-25H,1-4H3. The van der Waals surface area contributed by atoms with E-state index in [0.717, 1.165) is 27.6 Å². The maximum absolute atomic E-state index is 5.39.